The molecule has 31 valence electrons. The van der Waals surface area contributed by atoms with Gasteiger partial charge in [-0.2, -0.15) is 8.78 Å². The predicted octanol–water partition coefficient (Wildman–Crippen LogP) is 1.40. The molecule has 0 aliphatic carbocycles. The van der Waals surface area contributed by atoms with Gasteiger partial charge in [0.2, 0.25) is 0 Å². The predicted molar refractivity (Wildman–Crippen MR) is 19.7 cm³/mol. The average Bonchev–Trinajstić information content (AvgIpc) is 0.722. The van der Waals surface area contributed by atoms with Crippen molar-refractivity contribution in [2.24, 2.45) is 0 Å². The van der Waals surface area contributed by atoms with Gasteiger partial charge in [0.15, 0.2) is 0 Å². The molecule has 0 heterocycles. The van der Waals surface area contributed by atoms with Crippen molar-refractivity contribution in [2.75, 3.05) is 0 Å². The third-order valence-electron chi connectivity index (χ3n) is 0. The van der Waals surface area contributed by atoms with E-state index in [0.29, 0.717) is 22.6 Å². The van der Waals surface area contributed by atoms with E-state index in [1.807, 2.05) is 0 Å². The van der Waals surface area contributed by atoms with Crippen LogP contribution in [0.25, 0.3) is 0 Å². The zero-order valence-electron chi connectivity index (χ0n) is 2.04. The number of hydrogen-bond donors (Lipinski definition) is 0. The molecule has 4 heteroatoms. The molecule has 5 heavy (non-hydrogen) atoms. The van der Waals surface area contributed by atoms with Crippen LogP contribution in [0, 0.1) is 0 Å². The van der Waals surface area contributed by atoms with Crippen LogP contribution in [0.4, 0.5) is 8.78 Å². The van der Waals surface area contributed by atoms with E-state index in [-0.39, 0.29) is 0 Å². The van der Waals surface area contributed by atoms with Crippen LogP contribution in [0.1, 0.15) is 0 Å². The molecule has 0 fully saturated rings. The first kappa shape index (κ1) is 5.55. The van der Waals surface area contributed by atoms with Gasteiger partial charge in [0.05, 0.1) is 0 Å². The van der Waals surface area contributed by atoms with Crippen LogP contribution in [-0.2, 0) is 5.11 Å². The van der Waals surface area contributed by atoms with E-state index in [1.165, 1.54) is 0 Å². The first-order valence-corrected chi connectivity index (χ1v) is 1.85. The Balaban J connectivity index is 3.02. The first-order valence-electron chi connectivity index (χ1n) is 0.771. The second-order valence-electron chi connectivity index (χ2n) is 0.446. The lowest BCUT2D eigenvalue weighted by atomic mass is 11.5. The summed E-state index contributed by atoms with van der Waals surface area (Å²) >= 11 is 0.489. The fraction of sp³-hybridized carbons (Fsp3) is 1.00. The van der Waals surface area contributed by atoms with Crippen molar-refractivity contribution in [3.8, 4) is 0 Å². The molecule has 0 bridgehead atoms. The van der Waals surface area contributed by atoms with E-state index in [0.717, 1.165) is 0 Å². The summed E-state index contributed by atoms with van der Waals surface area (Å²) in [5.74, 6) is 0. The molecule has 0 aliphatic rings. The molecule has 0 aliphatic heterocycles. The third kappa shape index (κ3) is 97.8. The van der Waals surface area contributed by atoms with Crippen LogP contribution < -0.4 is 0 Å². The van der Waals surface area contributed by atoms with Gasteiger partial charge >= 0.3 is 4.12 Å². The van der Waals surface area contributed by atoms with Crippen LogP contribution >= 0.6 is 22.6 Å². The molecule has 0 unspecified atom stereocenters. The van der Waals surface area contributed by atoms with E-state index in [9.17, 15) is 8.78 Å². The Bertz CT molecular complexity index is 25.1. The summed E-state index contributed by atoms with van der Waals surface area (Å²) in [6.07, 6.45) is 0. The standard InChI is InChI=1S/CF2IO/c2-1(3,4)5. The number of hydrogen-bond acceptors (Lipinski definition) is 0. The van der Waals surface area contributed by atoms with E-state index < -0.39 is 4.12 Å². The lowest BCUT2D eigenvalue weighted by molar-refractivity contribution is -0.142. The summed E-state index contributed by atoms with van der Waals surface area (Å²) in [5.41, 5.74) is 0. The van der Waals surface area contributed by atoms with E-state index in [1.54, 1.807) is 0 Å². The van der Waals surface area contributed by atoms with Gasteiger partial charge in [-0.15, -0.1) is 5.11 Å². The zero-order chi connectivity index (χ0) is 4.50. The van der Waals surface area contributed by atoms with Gasteiger partial charge in [-0.05, 0) is 0 Å². The molecule has 1 nitrogen and oxygen atoms in total. The highest BCUT2D eigenvalue weighted by Gasteiger charge is 2.18. The molecule has 0 saturated heterocycles. The Hall–Kier alpha value is 0.550. The fourth-order valence-electron chi connectivity index (χ4n) is 0. The van der Waals surface area contributed by atoms with Gasteiger partial charge in [-0.1, -0.05) is 0 Å². The van der Waals surface area contributed by atoms with Gasteiger partial charge in [-0.3, -0.25) is 0 Å². The number of alkyl halides is 3. The molecule has 0 aromatic carbocycles. The maximum absolute atomic E-state index is 10.5. The maximum Gasteiger partial charge on any atom is 0.433 e. The second kappa shape index (κ2) is 1.34. The Kier molecular flexibility index (Phi) is 1.48. The van der Waals surface area contributed by atoms with Gasteiger partial charge in [-0.25, -0.2) is 0 Å². The fourth-order valence-corrected chi connectivity index (χ4v) is 0. The zero-order valence-corrected chi connectivity index (χ0v) is 4.20. The van der Waals surface area contributed by atoms with Gasteiger partial charge in [0, 0.05) is 22.6 Å². The molecule has 0 atom stereocenters. The van der Waals surface area contributed by atoms with Crippen LogP contribution in [0.5, 0.6) is 0 Å². The van der Waals surface area contributed by atoms with E-state index in [2.05, 4.69) is 0 Å². The average molecular weight is 193 g/mol. The Morgan fingerprint density at radius 2 is 1.60 bits per heavy atom. The van der Waals surface area contributed by atoms with E-state index in [4.69, 9.17) is 5.11 Å². The van der Waals surface area contributed by atoms with Gasteiger partial charge in [0.25, 0.3) is 0 Å². The summed E-state index contributed by atoms with van der Waals surface area (Å²) in [7, 11) is 0. The lowest BCUT2D eigenvalue weighted by Gasteiger charge is -1.86. The lowest BCUT2D eigenvalue weighted by Crippen LogP contribution is -1.95. The summed E-state index contributed by atoms with van der Waals surface area (Å²) in [4.78, 5) is 0. The maximum atomic E-state index is 10.5. The van der Waals surface area contributed by atoms with Crippen molar-refractivity contribution < 1.29 is 13.9 Å². The summed E-state index contributed by atoms with van der Waals surface area (Å²) in [5, 5.41) is 8.76. The van der Waals surface area contributed by atoms with Crippen LogP contribution in [0.15, 0.2) is 0 Å². The molecule has 0 rings (SSSR count). The van der Waals surface area contributed by atoms with E-state index >= 15 is 0 Å². The minimum absolute atomic E-state index is 0.489. The summed E-state index contributed by atoms with van der Waals surface area (Å²) in [6, 6.07) is 0. The summed E-state index contributed by atoms with van der Waals surface area (Å²) < 4.78 is 17.1. The Labute approximate surface area is 41.1 Å². The van der Waals surface area contributed by atoms with Crippen LogP contribution in [0.3, 0.4) is 0 Å². The first-order chi connectivity index (χ1) is 2.00. The monoisotopic (exact) mass is 193 g/mol. The number of rotatable bonds is 0. The van der Waals surface area contributed by atoms with Crippen LogP contribution in [-0.4, -0.2) is 4.12 Å². The Morgan fingerprint density at radius 3 is 1.60 bits per heavy atom. The van der Waals surface area contributed by atoms with Crippen molar-refractivity contribution in [3.05, 3.63) is 0 Å². The molecule has 0 spiro atoms. The summed E-state index contributed by atoms with van der Waals surface area (Å²) in [6.45, 7) is 0. The molecule has 1 radical (unpaired) electrons. The topological polar surface area (TPSA) is 19.9 Å². The van der Waals surface area contributed by atoms with Crippen LogP contribution in [0.2, 0.25) is 0 Å². The molecule has 0 amide bonds. The van der Waals surface area contributed by atoms with Gasteiger partial charge in [0.1, 0.15) is 0 Å². The normalized spacial score (nSPS) is 12.0. The molecular weight excluding hydrogens is 193 g/mol. The molecule has 0 aromatic heterocycles. The highest BCUT2D eigenvalue weighted by molar-refractivity contribution is 14.1. The van der Waals surface area contributed by atoms with Crippen molar-refractivity contribution in [3.63, 3.8) is 0 Å². The van der Waals surface area contributed by atoms with Crippen molar-refractivity contribution in [1.82, 2.24) is 0 Å². The second-order valence-corrected chi connectivity index (χ2v) is 1.70. The van der Waals surface area contributed by atoms with Crippen molar-refractivity contribution in [1.29, 1.82) is 0 Å². The quantitative estimate of drug-likeness (QED) is 0.409. The molecule has 0 saturated carbocycles. The van der Waals surface area contributed by atoms with Gasteiger partial charge < -0.3 is 0 Å². The molecule has 0 aromatic rings. The SMILES string of the molecule is [O]C(F)(F)I. The molecule has 0 N–H and O–H groups in total. The minimum Gasteiger partial charge on any atom is -0.163 e. The highest BCUT2D eigenvalue weighted by Crippen LogP contribution is 2.16. The van der Waals surface area contributed by atoms with Crippen molar-refractivity contribution >= 4 is 22.6 Å². The third-order valence-corrected chi connectivity index (χ3v) is 0. The minimum atomic E-state index is -3.78. The Morgan fingerprint density at radius 1 is 1.60 bits per heavy atom. The highest BCUT2D eigenvalue weighted by atomic mass is 127. The smallest absolute Gasteiger partial charge is 0.163 e. The van der Waals surface area contributed by atoms with Crippen molar-refractivity contribution in [2.45, 2.75) is 4.12 Å². The largest absolute Gasteiger partial charge is 0.433 e. The number of halogens is 3. The molecular formula is CF2IO.